The largest absolute Gasteiger partial charge is 0.394 e. The second-order valence-electron chi connectivity index (χ2n) is 4.63. The lowest BCUT2D eigenvalue weighted by atomic mass is 9.98. The molecule has 1 saturated heterocycles. The van der Waals surface area contributed by atoms with Crippen LogP contribution in [-0.2, 0) is 4.74 Å². The molecule has 0 bridgehead atoms. The van der Waals surface area contributed by atoms with E-state index in [0.717, 1.165) is 0 Å². The van der Waals surface area contributed by atoms with E-state index in [1.54, 1.807) is 6.26 Å². The third-order valence-electron chi connectivity index (χ3n) is 3.21. The average Bonchev–Trinajstić information content (AvgIpc) is 2.51. The Morgan fingerprint density at radius 1 is 1.36 bits per heavy atom. The van der Waals surface area contributed by atoms with E-state index in [1.807, 2.05) is 0 Å². The van der Waals surface area contributed by atoms with Gasteiger partial charge in [0.2, 0.25) is 0 Å². The van der Waals surface area contributed by atoms with E-state index in [-0.39, 0.29) is 10.8 Å². The first kappa shape index (κ1) is 17.5. The number of halogens is 1. The van der Waals surface area contributed by atoms with Crippen molar-refractivity contribution >= 4 is 29.2 Å². The molecule has 2 heterocycles. The van der Waals surface area contributed by atoms with Crippen LogP contribution in [0.5, 0.6) is 0 Å². The SMILES string of the molecule is CSc1nc(N[C@H]2O[C@@H](CO)[C@@H](O)[C@@H](O)[C@@H]2O)c(Cl)c(=O)[nH]1. The van der Waals surface area contributed by atoms with Crippen LogP contribution in [0.3, 0.4) is 0 Å². The van der Waals surface area contributed by atoms with Crippen LogP contribution in [0.1, 0.15) is 0 Å². The molecule has 1 aromatic heterocycles. The predicted molar refractivity (Wildman–Crippen MR) is 79.0 cm³/mol. The summed E-state index contributed by atoms with van der Waals surface area (Å²) >= 11 is 7.02. The van der Waals surface area contributed by atoms with Gasteiger partial charge in [-0.3, -0.25) is 4.79 Å². The highest BCUT2D eigenvalue weighted by atomic mass is 35.5. The smallest absolute Gasteiger partial charge is 0.272 e. The average molecular weight is 354 g/mol. The Morgan fingerprint density at radius 2 is 2.05 bits per heavy atom. The fourth-order valence-corrected chi connectivity index (χ4v) is 2.51. The number of nitrogens with zero attached hydrogens (tertiary/aromatic N) is 1. The van der Waals surface area contributed by atoms with Gasteiger partial charge in [0.25, 0.3) is 5.56 Å². The van der Waals surface area contributed by atoms with E-state index in [0.29, 0.717) is 5.16 Å². The highest BCUT2D eigenvalue weighted by Crippen LogP contribution is 2.25. The number of rotatable bonds is 4. The molecular weight excluding hydrogens is 338 g/mol. The predicted octanol–water partition coefficient (Wildman–Crippen LogP) is -1.64. The van der Waals surface area contributed by atoms with Crippen LogP contribution in [0.2, 0.25) is 5.02 Å². The van der Waals surface area contributed by atoms with Crippen LogP contribution in [0, 0.1) is 0 Å². The molecule has 11 heteroatoms. The van der Waals surface area contributed by atoms with Crippen molar-refractivity contribution in [3.63, 3.8) is 0 Å². The van der Waals surface area contributed by atoms with Gasteiger partial charge in [0, 0.05) is 0 Å². The minimum absolute atomic E-state index is 0.0425. The number of aliphatic hydroxyl groups excluding tert-OH is 4. The molecule has 0 unspecified atom stereocenters. The Bertz CT molecular complexity index is 585. The Balaban J connectivity index is 2.26. The van der Waals surface area contributed by atoms with Crippen molar-refractivity contribution in [3.05, 3.63) is 15.4 Å². The molecule has 0 amide bonds. The lowest BCUT2D eigenvalue weighted by Gasteiger charge is -2.40. The van der Waals surface area contributed by atoms with E-state index < -0.39 is 42.8 Å². The summed E-state index contributed by atoms with van der Waals surface area (Å²) in [5.41, 5.74) is -0.576. The van der Waals surface area contributed by atoms with E-state index in [1.165, 1.54) is 11.8 Å². The van der Waals surface area contributed by atoms with Gasteiger partial charge in [-0.2, -0.15) is 0 Å². The van der Waals surface area contributed by atoms with Gasteiger partial charge in [-0.1, -0.05) is 23.4 Å². The van der Waals surface area contributed by atoms with Crippen LogP contribution in [0.15, 0.2) is 9.95 Å². The van der Waals surface area contributed by atoms with Gasteiger partial charge >= 0.3 is 0 Å². The standard InChI is InChI=1S/C11H16ClN3O6S/c1-22-11-14-8(4(12)9(20)15-11)13-10-7(19)6(18)5(17)3(2-16)21-10/h3,5-7,10,16-19H,2H2,1H3,(H2,13,14,15,20)/t3-,5+,6+,7-,10-/m0/s1. The van der Waals surface area contributed by atoms with Crippen LogP contribution >= 0.6 is 23.4 Å². The highest BCUT2D eigenvalue weighted by molar-refractivity contribution is 7.98. The monoisotopic (exact) mass is 353 g/mol. The van der Waals surface area contributed by atoms with Gasteiger partial charge in [-0.25, -0.2) is 4.98 Å². The number of aromatic amines is 1. The molecule has 1 aliphatic heterocycles. The van der Waals surface area contributed by atoms with Gasteiger partial charge in [0.1, 0.15) is 29.4 Å². The fraction of sp³-hybridized carbons (Fsp3) is 0.636. The van der Waals surface area contributed by atoms with E-state index >= 15 is 0 Å². The van der Waals surface area contributed by atoms with Crippen molar-refractivity contribution in [1.29, 1.82) is 0 Å². The minimum atomic E-state index is -1.54. The maximum absolute atomic E-state index is 11.7. The molecule has 5 atom stereocenters. The topological polar surface area (TPSA) is 148 Å². The summed E-state index contributed by atoms with van der Waals surface area (Å²) in [7, 11) is 0. The number of anilines is 1. The molecule has 0 aliphatic carbocycles. The number of aliphatic hydroxyl groups is 4. The molecule has 1 aliphatic rings. The Hall–Kier alpha value is -0.880. The van der Waals surface area contributed by atoms with Crippen LogP contribution in [0.25, 0.3) is 0 Å². The molecule has 2 rings (SSSR count). The van der Waals surface area contributed by atoms with E-state index in [4.69, 9.17) is 21.4 Å². The van der Waals surface area contributed by atoms with Gasteiger partial charge in [-0.15, -0.1) is 0 Å². The molecule has 1 aromatic rings. The number of aromatic nitrogens is 2. The maximum Gasteiger partial charge on any atom is 0.272 e. The van der Waals surface area contributed by atoms with Gasteiger partial charge in [-0.05, 0) is 6.26 Å². The summed E-state index contributed by atoms with van der Waals surface area (Å²) in [5.74, 6) is -0.0425. The van der Waals surface area contributed by atoms with Crippen LogP contribution in [-0.4, -0.2) is 73.9 Å². The van der Waals surface area contributed by atoms with Crippen LogP contribution in [0.4, 0.5) is 5.82 Å². The lowest BCUT2D eigenvalue weighted by Crippen LogP contribution is -2.60. The third-order valence-corrected chi connectivity index (χ3v) is 4.14. The number of thioether (sulfide) groups is 1. The Kier molecular flexibility index (Phi) is 5.66. The van der Waals surface area contributed by atoms with Gasteiger partial charge in [0.05, 0.1) is 6.61 Å². The van der Waals surface area contributed by atoms with E-state index in [9.17, 15) is 20.1 Å². The number of ether oxygens (including phenoxy) is 1. The number of nitrogens with one attached hydrogen (secondary N) is 2. The molecule has 0 saturated carbocycles. The molecule has 0 radical (unpaired) electrons. The first-order chi connectivity index (χ1) is 10.4. The Morgan fingerprint density at radius 3 is 2.64 bits per heavy atom. The summed E-state index contributed by atoms with van der Waals surface area (Å²) < 4.78 is 5.26. The normalized spacial score (nSPS) is 32.0. The molecule has 0 aromatic carbocycles. The van der Waals surface area contributed by atoms with Crippen molar-refractivity contribution in [2.45, 2.75) is 35.8 Å². The summed E-state index contributed by atoms with van der Waals surface area (Å²) in [4.78, 5) is 18.1. The molecule has 1 fully saturated rings. The van der Waals surface area contributed by atoms with Crippen molar-refractivity contribution in [1.82, 2.24) is 9.97 Å². The maximum atomic E-state index is 11.7. The minimum Gasteiger partial charge on any atom is -0.394 e. The first-order valence-corrected chi connectivity index (χ1v) is 7.90. The van der Waals surface area contributed by atoms with E-state index in [2.05, 4.69) is 15.3 Å². The summed E-state index contributed by atoms with van der Waals surface area (Å²) in [6.07, 6.45) is -5.10. The zero-order chi connectivity index (χ0) is 16.4. The quantitative estimate of drug-likeness (QED) is 0.277. The first-order valence-electron chi connectivity index (χ1n) is 6.30. The number of hydrogen-bond acceptors (Lipinski definition) is 9. The Labute approximate surface area is 134 Å². The molecule has 6 N–H and O–H groups in total. The van der Waals surface area contributed by atoms with Crippen molar-refractivity contribution in [3.8, 4) is 0 Å². The summed E-state index contributed by atoms with van der Waals surface area (Å²) in [6.45, 7) is -0.560. The fourth-order valence-electron chi connectivity index (χ4n) is 1.99. The summed E-state index contributed by atoms with van der Waals surface area (Å²) in [6, 6.07) is 0. The van der Waals surface area contributed by atoms with Crippen molar-refractivity contribution in [2.75, 3.05) is 18.2 Å². The zero-order valence-corrected chi connectivity index (χ0v) is 13.0. The molecular formula is C11H16ClN3O6S. The van der Waals surface area contributed by atoms with Crippen molar-refractivity contribution in [2.24, 2.45) is 0 Å². The molecule has 22 heavy (non-hydrogen) atoms. The number of hydrogen-bond donors (Lipinski definition) is 6. The molecule has 9 nitrogen and oxygen atoms in total. The number of H-pyrrole nitrogens is 1. The molecule has 124 valence electrons. The second-order valence-corrected chi connectivity index (χ2v) is 5.80. The lowest BCUT2D eigenvalue weighted by molar-refractivity contribution is -0.221. The third kappa shape index (κ3) is 3.38. The zero-order valence-electron chi connectivity index (χ0n) is 11.4. The summed E-state index contributed by atoms with van der Waals surface area (Å²) in [5, 5.41) is 41.1. The van der Waals surface area contributed by atoms with Crippen molar-refractivity contribution < 1.29 is 25.2 Å². The van der Waals surface area contributed by atoms with Gasteiger partial charge < -0.3 is 35.5 Å². The molecule has 0 spiro atoms. The van der Waals surface area contributed by atoms with Gasteiger partial charge in [0.15, 0.2) is 17.2 Å². The second kappa shape index (κ2) is 7.13. The van der Waals surface area contributed by atoms with Crippen LogP contribution < -0.4 is 10.9 Å². The highest BCUT2D eigenvalue weighted by Gasteiger charge is 2.43.